The molecule has 2 atom stereocenters. The minimum atomic E-state index is 0.229. The van der Waals surface area contributed by atoms with E-state index in [9.17, 15) is 0 Å². The summed E-state index contributed by atoms with van der Waals surface area (Å²) >= 11 is 3.54. The largest absolute Gasteiger partial charge is 0.349 e. The standard InChI is InChI=1S/C23H20BrN3/c1-15-6-2-3-7-18(15)22-14-20(16-10-12-17(24)13-11-16)26-23-25-19-8-4-5-9-21(19)27(22)23/h2-13,20,22H,14H2,1H3,(H,25,26)/t20-,22-/m0/s1. The summed E-state index contributed by atoms with van der Waals surface area (Å²) in [6, 6.07) is 26.2. The SMILES string of the molecule is Cc1ccccc1[C@@H]1C[C@@H](c2ccc(Br)cc2)Nc2nc3ccccc3n21. The molecule has 5 rings (SSSR count). The molecule has 27 heavy (non-hydrogen) atoms. The Morgan fingerprint density at radius 2 is 1.70 bits per heavy atom. The van der Waals surface area contributed by atoms with E-state index in [1.165, 1.54) is 22.2 Å². The van der Waals surface area contributed by atoms with Gasteiger partial charge in [-0.05, 0) is 54.3 Å². The smallest absolute Gasteiger partial charge is 0.204 e. The second kappa shape index (κ2) is 6.54. The number of aromatic nitrogens is 2. The van der Waals surface area contributed by atoms with Gasteiger partial charge < -0.3 is 9.88 Å². The fraction of sp³-hybridized carbons (Fsp3) is 0.174. The van der Waals surface area contributed by atoms with Gasteiger partial charge in [0, 0.05) is 4.47 Å². The summed E-state index contributed by atoms with van der Waals surface area (Å²) in [5, 5.41) is 3.68. The highest BCUT2D eigenvalue weighted by Crippen LogP contribution is 2.41. The molecule has 0 saturated heterocycles. The first-order valence-corrected chi connectivity index (χ1v) is 10.0. The molecule has 2 heterocycles. The lowest BCUT2D eigenvalue weighted by atomic mass is 9.91. The van der Waals surface area contributed by atoms with Crippen LogP contribution in [0.1, 0.15) is 35.2 Å². The van der Waals surface area contributed by atoms with E-state index in [-0.39, 0.29) is 12.1 Å². The lowest BCUT2D eigenvalue weighted by molar-refractivity contribution is 0.476. The van der Waals surface area contributed by atoms with Crippen molar-refractivity contribution in [2.24, 2.45) is 0 Å². The zero-order chi connectivity index (χ0) is 18.4. The number of hydrogen-bond donors (Lipinski definition) is 1. The number of anilines is 1. The summed E-state index contributed by atoms with van der Waals surface area (Å²) < 4.78 is 3.47. The van der Waals surface area contributed by atoms with Crippen molar-refractivity contribution in [3.63, 3.8) is 0 Å². The second-order valence-electron chi connectivity index (χ2n) is 7.15. The average molecular weight is 418 g/mol. The molecule has 0 bridgehead atoms. The van der Waals surface area contributed by atoms with E-state index in [0.717, 1.165) is 22.4 Å². The van der Waals surface area contributed by atoms with Crippen molar-refractivity contribution in [3.05, 3.63) is 94.0 Å². The predicted molar refractivity (Wildman–Crippen MR) is 114 cm³/mol. The van der Waals surface area contributed by atoms with Gasteiger partial charge in [-0.2, -0.15) is 0 Å². The molecule has 1 aliphatic rings. The minimum Gasteiger partial charge on any atom is -0.349 e. The number of nitrogens with one attached hydrogen (secondary N) is 1. The summed E-state index contributed by atoms with van der Waals surface area (Å²) in [5.41, 5.74) is 6.20. The van der Waals surface area contributed by atoms with Crippen LogP contribution in [0.25, 0.3) is 11.0 Å². The summed E-state index contributed by atoms with van der Waals surface area (Å²) in [6.45, 7) is 2.20. The number of benzene rings is 3. The van der Waals surface area contributed by atoms with Crippen molar-refractivity contribution in [3.8, 4) is 0 Å². The van der Waals surface area contributed by atoms with Gasteiger partial charge in [0.05, 0.1) is 23.1 Å². The van der Waals surface area contributed by atoms with Crippen LogP contribution in [0, 0.1) is 6.92 Å². The van der Waals surface area contributed by atoms with E-state index in [2.05, 4.69) is 106 Å². The van der Waals surface area contributed by atoms with Gasteiger partial charge in [0.1, 0.15) is 0 Å². The summed E-state index contributed by atoms with van der Waals surface area (Å²) in [4.78, 5) is 4.89. The Hall–Kier alpha value is -2.59. The molecular formula is C23H20BrN3. The molecule has 1 aliphatic heterocycles. The van der Waals surface area contributed by atoms with Crippen LogP contribution < -0.4 is 5.32 Å². The molecule has 134 valence electrons. The molecule has 1 N–H and O–H groups in total. The van der Waals surface area contributed by atoms with Crippen molar-refractivity contribution in [1.29, 1.82) is 0 Å². The maximum absolute atomic E-state index is 4.89. The van der Waals surface area contributed by atoms with Crippen LogP contribution in [-0.4, -0.2) is 9.55 Å². The molecule has 3 nitrogen and oxygen atoms in total. The molecule has 0 radical (unpaired) electrons. The normalized spacial score (nSPS) is 18.9. The molecule has 4 heteroatoms. The van der Waals surface area contributed by atoms with E-state index in [0.29, 0.717) is 0 Å². The van der Waals surface area contributed by atoms with Gasteiger partial charge in [-0.15, -0.1) is 0 Å². The second-order valence-corrected chi connectivity index (χ2v) is 8.07. The Morgan fingerprint density at radius 3 is 2.52 bits per heavy atom. The molecule has 0 saturated carbocycles. The zero-order valence-corrected chi connectivity index (χ0v) is 16.6. The van der Waals surface area contributed by atoms with Gasteiger partial charge in [0.2, 0.25) is 5.95 Å². The predicted octanol–water partition coefficient (Wildman–Crippen LogP) is 6.25. The van der Waals surface area contributed by atoms with Crippen LogP contribution in [-0.2, 0) is 0 Å². The molecule has 0 unspecified atom stereocenters. The molecule has 0 fully saturated rings. The van der Waals surface area contributed by atoms with Crippen molar-refractivity contribution < 1.29 is 0 Å². The third-order valence-corrected chi connectivity index (χ3v) is 6.02. The number of aryl methyl sites for hydroxylation is 1. The molecule has 0 spiro atoms. The third-order valence-electron chi connectivity index (χ3n) is 5.49. The van der Waals surface area contributed by atoms with Gasteiger partial charge in [0.25, 0.3) is 0 Å². The van der Waals surface area contributed by atoms with Crippen LogP contribution in [0.15, 0.2) is 77.3 Å². The van der Waals surface area contributed by atoms with Crippen LogP contribution >= 0.6 is 15.9 Å². The lowest BCUT2D eigenvalue weighted by Crippen LogP contribution is -2.27. The van der Waals surface area contributed by atoms with Crippen LogP contribution in [0.3, 0.4) is 0 Å². The third kappa shape index (κ3) is 2.85. The van der Waals surface area contributed by atoms with Crippen molar-refractivity contribution in [1.82, 2.24) is 9.55 Å². The number of fused-ring (bicyclic) bond motifs is 3. The van der Waals surface area contributed by atoms with E-state index in [1.807, 2.05) is 0 Å². The van der Waals surface area contributed by atoms with Gasteiger partial charge in [-0.25, -0.2) is 4.98 Å². The summed E-state index contributed by atoms with van der Waals surface area (Å²) in [7, 11) is 0. The Morgan fingerprint density at radius 1 is 0.963 bits per heavy atom. The number of para-hydroxylation sites is 2. The van der Waals surface area contributed by atoms with E-state index in [1.54, 1.807) is 0 Å². The first-order chi connectivity index (χ1) is 13.2. The van der Waals surface area contributed by atoms with Crippen molar-refractivity contribution in [2.45, 2.75) is 25.4 Å². The van der Waals surface area contributed by atoms with Crippen LogP contribution in [0.2, 0.25) is 0 Å². The number of rotatable bonds is 2. The maximum atomic E-state index is 4.89. The molecule has 1 aromatic heterocycles. The Bertz CT molecular complexity index is 1110. The molecule has 0 amide bonds. The number of halogens is 1. The highest BCUT2D eigenvalue weighted by atomic mass is 79.9. The number of hydrogen-bond acceptors (Lipinski definition) is 2. The Kier molecular flexibility index (Phi) is 4.01. The maximum Gasteiger partial charge on any atom is 0.204 e. The Balaban J connectivity index is 1.68. The van der Waals surface area contributed by atoms with Crippen LogP contribution in [0.4, 0.5) is 5.95 Å². The lowest BCUT2D eigenvalue weighted by Gasteiger charge is -2.34. The first-order valence-electron chi connectivity index (χ1n) is 9.25. The number of nitrogens with zero attached hydrogens (tertiary/aromatic N) is 2. The average Bonchev–Trinajstić information content (AvgIpc) is 3.07. The van der Waals surface area contributed by atoms with E-state index < -0.39 is 0 Å². The summed E-state index contributed by atoms with van der Waals surface area (Å²) in [6.07, 6.45) is 0.986. The molecule has 0 aliphatic carbocycles. The van der Waals surface area contributed by atoms with Crippen molar-refractivity contribution in [2.75, 3.05) is 5.32 Å². The fourth-order valence-electron chi connectivity index (χ4n) is 4.15. The fourth-order valence-corrected chi connectivity index (χ4v) is 4.41. The van der Waals surface area contributed by atoms with Crippen LogP contribution in [0.5, 0.6) is 0 Å². The van der Waals surface area contributed by atoms with E-state index >= 15 is 0 Å². The van der Waals surface area contributed by atoms with Gasteiger partial charge in [-0.3, -0.25) is 0 Å². The quantitative estimate of drug-likeness (QED) is 0.417. The van der Waals surface area contributed by atoms with E-state index in [4.69, 9.17) is 4.98 Å². The monoisotopic (exact) mass is 417 g/mol. The highest BCUT2D eigenvalue weighted by Gasteiger charge is 2.31. The zero-order valence-electron chi connectivity index (χ0n) is 15.1. The Labute approximate surface area is 167 Å². The number of imidazole rings is 1. The summed E-state index contributed by atoms with van der Waals surface area (Å²) in [5.74, 6) is 0.948. The van der Waals surface area contributed by atoms with Gasteiger partial charge in [-0.1, -0.05) is 64.5 Å². The minimum absolute atomic E-state index is 0.229. The molecular weight excluding hydrogens is 398 g/mol. The molecule has 4 aromatic rings. The first kappa shape index (κ1) is 16.6. The molecule has 3 aromatic carbocycles. The van der Waals surface area contributed by atoms with Gasteiger partial charge >= 0.3 is 0 Å². The highest BCUT2D eigenvalue weighted by molar-refractivity contribution is 9.10. The van der Waals surface area contributed by atoms with Gasteiger partial charge in [0.15, 0.2) is 0 Å². The van der Waals surface area contributed by atoms with Crippen molar-refractivity contribution >= 4 is 32.9 Å². The topological polar surface area (TPSA) is 29.9 Å².